The van der Waals surface area contributed by atoms with Crippen LogP contribution in [0.25, 0.3) is 22.2 Å². The zero-order valence-corrected chi connectivity index (χ0v) is 32.0. The van der Waals surface area contributed by atoms with Gasteiger partial charge in [0.15, 0.2) is 0 Å². The number of imidazole rings is 2. The molecule has 4 heterocycles. The summed E-state index contributed by atoms with van der Waals surface area (Å²) in [5.41, 5.74) is 8.84. The van der Waals surface area contributed by atoms with Crippen LogP contribution in [0.5, 0.6) is 0 Å². The van der Waals surface area contributed by atoms with Crippen LogP contribution in [-0.2, 0) is 20.7 Å². The third-order valence-corrected chi connectivity index (χ3v) is 12.1. The number of carbonyl (C=O) groups is 3. The fraction of sp³-hybridized carbons (Fsp3) is 0.512. The lowest BCUT2D eigenvalue weighted by atomic mass is 9.73. The molecule has 54 heavy (non-hydrogen) atoms. The Hall–Kier alpha value is -5.11. The topological polar surface area (TPSA) is 136 Å². The molecule has 2 aromatic carbocycles. The van der Waals surface area contributed by atoms with Crippen molar-refractivity contribution in [3.05, 3.63) is 70.6 Å². The highest BCUT2D eigenvalue weighted by Gasteiger charge is 2.42. The third-order valence-electron chi connectivity index (χ3n) is 12.1. The Labute approximate surface area is 317 Å². The van der Waals surface area contributed by atoms with E-state index in [-0.39, 0.29) is 29.8 Å². The van der Waals surface area contributed by atoms with Gasteiger partial charge in [-0.05, 0) is 115 Å². The molecule has 4 aromatic rings. The Balaban J connectivity index is 1.04. The molecule has 11 heteroatoms. The predicted molar refractivity (Wildman–Crippen MR) is 206 cm³/mol. The van der Waals surface area contributed by atoms with Gasteiger partial charge in [-0.25, -0.2) is 14.8 Å². The third kappa shape index (κ3) is 6.65. The molecule has 3 amide bonds. The quantitative estimate of drug-likeness (QED) is 0.165. The van der Waals surface area contributed by atoms with Gasteiger partial charge in [-0.15, -0.1) is 0 Å². The van der Waals surface area contributed by atoms with E-state index in [1.54, 1.807) is 0 Å². The SMILES string of the molecule is COC(=O)N[C@H](C(=O)N1CCC[C@H]1c1nc2ccc(-c3ccc(C#Cc4cnc([C@@H]5CCCN5C(=O)CC(C)C)[nH]4)c4c3CC3CCC43)cc2[nH]1)C(C)C. The first-order valence-corrected chi connectivity index (χ1v) is 19.8. The number of nitrogens with one attached hydrogen (secondary N) is 3. The summed E-state index contributed by atoms with van der Waals surface area (Å²) in [7, 11) is 1.31. The average molecular weight is 730 g/mol. The number of benzene rings is 2. The van der Waals surface area contributed by atoms with Crippen molar-refractivity contribution in [2.24, 2.45) is 17.8 Å². The summed E-state index contributed by atoms with van der Waals surface area (Å²) < 4.78 is 4.80. The first-order valence-electron chi connectivity index (χ1n) is 19.8. The number of ether oxygens (including phenoxy) is 1. The van der Waals surface area contributed by atoms with Gasteiger partial charge >= 0.3 is 6.09 Å². The number of amides is 3. The molecular weight excluding hydrogens is 679 g/mol. The molecular formula is C43H51N7O4. The van der Waals surface area contributed by atoms with E-state index >= 15 is 0 Å². The molecule has 2 saturated heterocycles. The van der Waals surface area contributed by atoms with Crippen LogP contribution >= 0.6 is 0 Å². The molecule has 0 spiro atoms. The van der Waals surface area contributed by atoms with Crippen LogP contribution in [0.15, 0.2) is 36.5 Å². The van der Waals surface area contributed by atoms with Crippen LogP contribution in [0.2, 0.25) is 0 Å². The number of aromatic nitrogens is 4. The molecule has 2 unspecified atom stereocenters. The van der Waals surface area contributed by atoms with Gasteiger partial charge in [0.05, 0.1) is 36.4 Å². The fourth-order valence-corrected chi connectivity index (χ4v) is 9.21. The second kappa shape index (κ2) is 14.6. The summed E-state index contributed by atoms with van der Waals surface area (Å²) in [6.07, 6.45) is 8.83. The van der Waals surface area contributed by atoms with Crippen molar-refractivity contribution in [2.45, 2.75) is 103 Å². The lowest BCUT2D eigenvalue weighted by Crippen LogP contribution is -2.51. The molecule has 8 rings (SSSR count). The number of fused-ring (bicyclic) bond motifs is 4. The van der Waals surface area contributed by atoms with Gasteiger partial charge in [0.2, 0.25) is 11.8 Å². The van der Waals surface area contributed by atoms with Crippen LogP contribution in [0.1, 0.15) is 125 Å². The number of methoxy groups -OCH3 is 1. The van der Waals surface area contributed by atoms with E-state index in [2.05, 4.69) is 76.3 Å². The lowest BCUT2D eigenvalue weighted by Gasteiger charge is -2.31. The van der Waals surface area contributed by atoms with Crippen molar-refractivity contribution in [3.63, 3.8) is 0 Å². The van der Waals surface area contributed by atoms with Crippen molar-refractivity contribution < 1.29 is 19.1 Å². The minimum Gasteiger partial charge on any atom is -0.453 e. The number of H-pyrrole nitrogens is 2. The zero-order valence-electron chi connectivity index (χ0n) is 32.0. The molecule has 5 atom stereocenters. The number of hydrogen-bond acceptors (Lipinski definition) is 6. The van der Waals surface area contributed by atoms with E-state index in [0.29, 0.717) is 30.7 Å². The average Bonchev–Trinajstić information content (AvgIpc) is 3.98. The minimum absolute atomic E-state index is 0.0125. The summed E-state index contributed by atoms with van der Waals surface area (Å²) in [6.45, 7) is 9.41. The maximum absolute atomic E-state index is 13.7. The zero-order chi connectivity index (χ0) is 37.7. The number of aromatic amines is 2. The number of alkyl carbamates (subject to hydrolysis) is 1. The molecule has 282 valence electrons. The number of likely N-dealkylation sites (tertiary alicyclic amines) is 2. The summed E-state index contributed by atoms with van der Waals surface area (Å²) in [5.74, 6) is 10.0. The number of carbonyl (C=O) groups excluding carboxylic acids is 3. The van der Waals surface area contributed by atoms with E-state index in [1.807, 2.05) is 29.8 Å². The van der Waals surface area contributed by atoms with Crippen molar-refractivity contribution >= 4 is 28.9 Å². The monoisotopic (exact) mass is 729 g/mol. The molecule has 3 fully saturated rings. The van der Waals surface area contributed by atoms with Crippen LogP contribution in [0.3, 0.4) is 0 Å². The molecule has 4 aliphatic rings. The summed E-state index contributed by atoms with van der Waals surface area (Å²) in [4.78, 5) is 59.1. The van der Waals surface area contributed by atoms with Gasteiger partial charge in [-0.2, -0.15) is 0 Å². The number of nitrogens with zero attached hydrogens (tertiary/aromatic N) is 4. The van der Waals surface area contributed by atoms with E-state index < -0.39 is 12.1 Å². The minimum atomic E-state index is -0.676. The molecule has 2 aliphatic heterocycles. The predicted octanol–water partition coefficient (Wildman–Crippen LogP) is 7.16. The van der Waals surface area contributed by atoms with E-state index in [1.165, 1.54) is 36.6 Å². The Morgan fingerprint density at radius 1 is 0.944 bits per heavy atom. The van der Waals surface area contributed by atoms with E-state index in [9.17, 15) is 14.4 Å². The Bertz CT molecular complexity index is 2150. The van der Waals surface area contributed by atoms with Crippen LogP contribution in [0, 0.1) is 29.6 Å². The maximum Gasteiger partial charge on any atom is 0.407 e. The highest BCUT2D eigenvalue weighted by atomic mass is 16.5. The first-order chi connectivity index (χ1) is 26.1. The van der Waals surface area contributed by atoms with E-state index in [4.69, 9.17) is 9.72 Å². The molecule has 2 aromatic heterocycles. The molecule has 2 aliphatic carbocycles. The van der Waals surface area contributed by atoms with Gasteiger partial charge in [0.25, 0.3) is 0 Å². The molecule has 3 N–H and O–H groups in total. The summed E-state index contributed by atoms with van der Waals surface area (Å²) in [5, 5.41) is 2.73. The van der Waals surface area contributed by atoms with E-state index in [0.717, 1.165) is 78.2 Å². The second-order valence-electron chi connectivity index (χ2n) is 16.4. The Kier molecular flexibility index (Phi) is 9.71. The summed E-state index contributed by atoms with van der Waals surface area (Å²) in [6, 6.07) is 9.94. The van der Waals surface area contributed by atoms with Crippen LogP contribution < -0.4 is 5.32 Å². The maximum atomic E-state index is 13.7. The number of hydrogen-bond donors (Lipinski definition) is 3. The highest BCUT2D eigenvalue weighted by molar-refractivity contribution is 5.87. The molecule has 1 saturated carbocycles. The van der Waals surface area contributed by atoms with Gasteiger partial charge in [-0.3, -0.25) is 9.59 Å². The van der Waals surface area contributed by atoms with Crippen LogP contribution in [0.4, 0.5) is 4.79 Å². The standard InChI is InChI=1S/C43H51N7O4/c1-24(2)20-37(51)49-18-6-8-35(49)40-44-23-29(45-40)14-10-26-11-15-30(32-21-27-12-16-31(27)38(26)32)28-13-17-33-34(22-28)47-41(46-33)36-9-7-19-50(36)42(52)39(25(3)4)48-43(53)54-5/h11,13,15,17,22-25,27,31,35-36,39H,6-9,12,16,18-21H2,1-5H3,(H,44,45)(H,46,47)(H,48,53)/t27?,31?,35-,36-,39-/m0/s1. The van der Waals surface area contributed by atoms with Crippen molar-refractivity contribution in [3.8, 4) is 23.0 Å². The normalized spacial score (nSPS) is 22.2. The Morgan fingerprint density at radius 2 is 1.72 bits per heavy atom. The second-order valence-corrected chi connectivity index (χ2v) is 16.4. The molecule has 0 bridgehead atoms. The smallest absolute Gasteiger partial charge is 0.407 e. The number of rotatable bonds is 8. The molecule has 0 radical (unpaired) electrons. The summed E-state index contributed by atoms with van der Waals surface area (Å²) >= 11 is 0. The Morgan fingerprint density at radius 3 is 2.44 bits per heavy atom. The van der Waals surface area contributed by atoms with Crippen molar-refractivity contribution in [1.29, 1.82) is 0 Å². The fourth-order valence-electron chi connectivity index (χ4n) is 9.21. The largest absolute Gasteiger partial charge is 0.453 e. The van der Waals surface area contributed by atoms with Gasteiger partial charge in [0, 0.05) is 25.1 Å². The lowest BCUT2D eigenvalue weighted by molar-refractivity contribution is -0.135. The van der Waals surface area contributed by atoms with Crippen molar-refractivity contribution in [1.82, 2.24) is 35.1 Å². The highest BCUT2D eigenvalue weighted by Crippen LogP contribution is 2.54. The van der Waals surface area contributed by atoms with Crippen molar-refractivity contribution in [2.75, 3.05) is 20.2 Å². The van der Waals surface area contributed by atoms with Gasteiger partial charge in [0.1, 0.15) is 23.4 Å². The van der Waals surface area contributed by atoms with Crippen LogP contribution in [-0.4, -0.2) is 73.9 Å². The van der Waals surface area contributed by atoms with Gasteiger partial charge < -0.3 is 29.8 Å². The molecule has 11 nitrogen and oxygen atoms in total. The van der Waals surface area contributed by atoms with Gasteiger partial charge in [-0.1, -0.05) is 45.7 Å². The first kappa shape index (κ1) is 35.9.